The lowest BCUT2D eigenvalue weighted by Gasteiger charge is -2.29. The Morgan fingerprint density at radius 2 is 1.64 bits per heavy atom. The number of fused-ring (bicyclic) bond motifs is 1. The molecule has 4 rings (SSSR count). The molecule has 0 spiro atoms. The molecule has 1 fully saturated rings. The van der Waals surface area contributed by atoms with Gasteiger partial charge in [-0.05, 0) is 49.4 Å². The van der Waals surface area contributed by atoms with Crippen LogP contribution in [0.5, 0.6) is 0 Å². The van der Waals surface area contributed by atoms with Crippen LogP contribution in [0.1, 0.15) is 48.2 Å². The van der Waals surface area contributed by atoms with Crippen LogP contribution in [0.2, 0.25) is 0 Å². The number of para-hydroxylation sites is 1. The lowest BCUT2D eigenvalue weighted by atomic mass is 10.0. The molecular weight excluding hydrogens is 312 g/mol. The fraction of sp³-hybridized carbons (Fsp3) is 0.450. The largest absolute Gasteiger partial charge is 0.355 e. The third kappa shape index (κ3) is 3.36. The number of aromatic nitrogens is 2. The molecule has 0 unspecified atom stereocenters. The van der Waals surface area contributed by atoms with E-state index in [4.69, 9.17) is 0 Å². The van der Waals surface area contributed by atoms with Crippen LogP contribution in [0.3, 0.4) is 0 Å². The Balaban J connectivity index is 1.53. The second kappa shape index (κ2) is 7.21. The average Bonchev–Trinajstić information content (AvgIpc) is 2.97. The van der Waals surface area contributed by atoms with E-state index in [9.17, 15) is 4.79 Å². The van der Waals surface area contributed by atoms with Gasteiger partial charge in [0.2, 0.25) is 0 Å². The first-order valence-electron chi connectivity index (χ1n) is 9.31. The van der Waals surface area contributed by atoms with Crippen molar-refractivity contribution in [3.8, 4) is 0 Å². The van der Waals surface area contributed by atoms with Crippen molar-refractivity contribution in [3.63, 3.8) is 0 Å². The van der Waals surface area contributed by atoms with Crippen molar-refractivity contribution in [1.29, 1.82) is 0 Å². The van der Waals surface area contributed by atoms with Gasteiger partial charge in [-0.15, -0.1) is 10.2 Å². The number of benzene rings is 1. The van der Waals surface area contributed by atoms with Gasteiger partial charge in [0.05, 0.1) is 0 Å². The minimum atomic E-state index is -0.0536. The molecule has 1 aromatic heterocycles. The molecule has 1 amide bonds. The molecule has 0 aliphatic carbocycles. The van der Waals surface area contributed by atoms with Crippen molar-refractivity contribution < 1.29 is 4.79 Å². The number of hydrogen-bond donors (Lipinski definition) is 0. The van der Waals surface area contributed by atoms with Gasteiger partial charge in [0, 0.05) is 25.3 Å². The first kappa shape index (κ1) is 16.1. The van der Waals surface area contributed by atoms with Crippen LogP contribution in [-0.2, 0) is 6.42 Å². The summed E-state index contributed by atoms with van der Waals surface area (Å²) in [4.78, 5) is 17.0. The third-order valence-electron chi connectivity index (χ3n) is 5.16. The van der Waals surface area contributed by atoms with Crippen molar-refractivity contribution in [1.82, 2.24) is 10.2 Å². The van der Waals surface area contributed by atoms with E-state index < -0.39 is 0 Å². The lowest BCUT2D eigenvalue weighted by molar-refractivity contribution is 0.0979. The summed E-state index contributed by atoms with van der Waals surface area (Å²) in [6.45, 7) is 2.80. The van der Waals surface area contributed by atoms with Crippen LogP contribution in [0, 0.1) is 0 Å². The molecule has 0 atom stereocenters. The highest BCUT2D eigenvalue weighted by molar-refractivity contribution is 6.05. The van der Waals surface area contributed by atoms with Crippen molar-refractivity contribution in [3.05, 3.63) is 47.7 Å². The van der Waals surface area contributed by atoms with Gasteiger partial charge in [0.1, 0.15) is 0 Å². The Labute approximate surface area is 148 Å². The van der Waals surface area contributed by atoms with Crippen molar-refractivity contribution in [2.75, 3.05) is 29.4 Å². The number of anilines is 2. The van der Waals surface area contributed by atoms with E-state index in [0.29, 0.717) is 5.69 Å². The Kier molecular flexibility index (Phi) is 4.63. The molecule has 0 N–H and O–H groups in total. The summed E-state index contributed by atoms with van der Waals surface area (Å²) in [6.07, 6.45) is 6.99. The second-order valence-corrected chi connectivity index (χ2v) is 6.87. The summed E-state index contributed by atoms with van der Waals surface area (Å²) in [6, 6.07) is 11.9. The summed E-state index contributed by atoms with van der Waals surface area (Å²) in [5.74, 6) is 0.833. The van der Waals surface area contributed by atoms with Gasteiger partial charge in [0.15, 0.2) is 11.5 Å². The number of nitrogens with zero attached hydrogens (tertiary/aromatic N) is 4. The zero-order valence-corrected chi connectivity index (χ0v) is 14.5. The van der Waals surface area contributed by atoms with E-state index in [2.05, 4.69) is 21.2 Å². The fourth-order valence-electron chi connectivity index (χ4n) is 3.79. The number of carbonyl (C=O) groups is 1. The van der Waals surface area contributed by atoms with Crippen molar-refractivity contribution in [2.24, 2.45) is 0 Å². The molecule has 2 aliphatic rings. The van der Waals surface area contributed by atoms with E-state index >= 15 is 0 Å². The molecular formula is C20H24N4O. The maximum Gasteiger partial charge on any atom is 0.278 e. The molecule has 5 nitrogen and oxygen atoms in total. The normalized spacial score (nSPS) is 17.8. The third-order valence-corrected chi connectivity index (χ3v) is 5.16. The van der Waals surface area contributed by atoms with Gasteiger partial charge in [-0.2, -0.15) is 0 Å². The van der Waals surface area contributed by atoms with Crippen molar-refractivity contribution in [2.45, 2.75) is 38.5 Å². The lowest BCUT2D eigenvalue weighted by Crippen LogP contribution is -2.36. The maximum absolute atomic E-state index is 12.9. The van der Waals surface area contributed by atoms with E-state index in [-0.39, 0.29) is 5.91 Å². The number of amides is 1. The monoisotopic (exact) mass is 336 g/mol. The van der Waals surface area contributed by atoms with E-state index in [1.54, 1.807) is 0 Å². The van der Waals surface area contributed by atoms with E-state index in [0.717, 1.165) is 44.0 Å². The minimum absolute atomic E-state index is 0.0536. The molecule has 0 radical (unpaired) electrons. The molecule has 2 aromatic rings. The van der Waals surface area contributed by atoms with Crippen LogP contribution in [0.15, 0.2) is 36.4 Å². The highest BCUT2D eigenvalue weighted by atomic mass is 16.2. The highest BCUT2D eigenvalue weighted by Gasteiger charge is 2.24. The van der Waals surface area contributed by atoms with Crippen LogP contribution in [0.25, 0.3) is 0 Å². The van der Waals surface area contributed by atoms with Gasteiger partial charge in [-0.3, -0.25) is 4.79 Å². The van der Waals surface area contributed by atoms with Crippen LogP contribution in [-0.4, -0.2) is 35.7 Å². The molecule has 1 aromatic carbocycles. The number of aryl methyl sites for hydroxylation is 1. The number of carbonyl (C=O) groups excluding carboxylic acids is 1. The number of rotatable bonds is 2. The minimum Gasteiger partial charge on any atom is -0.355 e. The standard InChI is InChI=1S/C20H24N4O/c25-20(24-15-7-9-16-8-3-4-10-18(16)24)17-11-12-19(22-21-17)23-13-5-1-2-6-14-23/h3-4,8,10-12H,1-2,5-7,9,13-15H2. The SMILES string of the molecule is O=C(c1ccc(N2CCCCCC2)nn1)N1CCCc2ccccc21. The topological polar surface area (TPSA) is 49.3 Å². The zero-order chi connectivity index (χ0) is 17.1. The summed E-state index contributed by atoms with van der Waals surface area (Å²) in [7, 11) is 0. The molecule has 130 valence electrons. The summed E-state index contributed by atoms with van der Waals surface area (Å²) >= 11 is 0. The maximum atomic E-state index is 12.9. The quantitative estimate of drug-likeness (QED) is 0.843. The van der Waals surface area contributed by atoms with E-state index in [1.807, 2.05) is 35.2 Å². The predicted octanol–water partition coefficient (Wildman–Crippen LogP) is 3.45. The molecule has 0 bridgehead atoms. The van der Waals surface area contributed by atoms with E-state index in [1.165, 1.54) is 31.2 Å². The average molecular weight is 336 g/mol. The Morgan fingerprint density at radius 3 is 2.40 bits per heavy atom. The van der Waals surface area contributed by atoms with Gasteiger partial charge < -0.3 is 9.80 Å². The highest BCUT2D eigenvalue weighted by Crippen LogP contribution is 2.28. The molecule has 5 heteroatoms. The first-order valence-corrected chi connectivity index (χ1v) is 9.31. The molecule has 3 heterocycles. The van der Waals surface area contributed by atoms with Gasteiger partial charge in [-0.25, -0.2) is 0 Å². The van der Waals surface area contributed by atoms with Crippen LogP contribution < -0.4 is 9.80 Å². The van der Waals surface area contributed by atoms with Crippen LogP contribution >= 0.6 is 0 Å². The van der Waals surface area contributed by atoms with Gasteiger partial charge in [-0.1, -0.05) is 31.0 Å². The summed E-state index contributed by atoms with van der Waals surface area (Å²) in [5.41, 5.74) is 2.67. The van der Waals surface area contributed by atoms with Crippen LogP contribution in [0.4, 0.5) is 11.5 Å². The van der Waals surface area contributed by atoms with Gasteiger partial charge >= 0.3 is 0 Å². The molecule has 0 saturated carbocycles. The Morgan fingerprint density at radius 1 is 0.840 bits per heavy atom. The first-order chi connectivity index (χ1) is 12.3. The van der Waals surface area contributed by atoms with Crippen molar-refractivity contribution >= 4 is 17.4 Å². The molecule has 1 saturated heterocycles. The smallest absolute Gasteiger partial charge is 0.278 e. The number of hydrogen-bond acceptors (Lipinski definition) is 4. The second-order valence-electron chi connectivity index (χ2n) is 6.87. The Bertz CT molecular complexity index is 736. The predicted molar refractivity (Wildman–Crippen MR) is 99.2 cm³/mol. The van der Waals surface area contributed by atoms with Gasteiger partial charge in [0.25, 0.3) is 5.91 Å². The Hall–Kier alpha value is -2.43. The summed E-state index contributed by atoms with van der Waals surface area (Å²) in [5, 5.41) is 8.59. The molecule has 2 aliphatic heterocycles. The fourth-order valence-corrected chi connectivity index (χ4v) is 3.79. The summed E-state index contributed by atoms with van der Waals surface area (Å²) < 4.78 is 0. The molecule has 25 heavy (non-hydrogen) atoms. The zero-order valence-electron chi connectivity index (χ0n) is 14.5.